The number of hydrogen-bond acceptors (Lipinski definition) is 3. The van der Waals surface area contributed by atoms with Crippen molar-refractivity contribution in [2.24, 2.45) is 0 Å². The largest absolute Gasteiger partial charge is 0.382 e. The molecule has 2 aromatic rings. The molecule has 2 N–H and O–H groups in total. The standard InChI is InChI=1S/C11H13N3O/c1-11(2,15)10-12-9(13-14-10)8-6-4-3-5-7-8/h3-7,15H,1-2H3,(H,12,13,14). The minimum atomic E-state index is -0.986. The van der Waals surface area contributed by atoms with Crippen LogP contribution in [0.1, 0.15) is 19.7 Å². The highest BCUT2D eigenvalue weighted by molar-refractivity contribution is 5.53. The molecule has 0 bridgehead atoms. The summed E-state index contributed by atoms with van der Waals surface area (Å²) in [7, 11) is 0. The maximum absolute atomic E-state index is 9.72. The fourth-order valence-corrected chi connectivity index (χ4v) is 1.25. The molecule has 0 aliphatic heterocycles. The summed E-state index contributed by atoms with van der Waals surface area (Å²) in [4.78, 5) is 4.24. The van der Waals surface area contributed by atoms with E-state index in [2.05, 4.69) is 15.2 Å². The second kappa shape index (κ2) is 3.47. The molecule has 15 heavy (non-hydrogen) atoms. The summed E-state index contributed by atoms with van der Waals surface area (Å²) in [5.41, 5.74) is -0.0516. The average molecular weight is 203 g/mol. The van der Waals surface area contributed by atoms with Crippen LogP contribution < -0.4 is 0 Å². The van der Waals surface area contributed by atoms with Crippen molar-refractivity contribution in [3.8, 4) is 11.4 Å². The number of hydrogen-bond donors (Lipinski definition) is 2. The van der Waals surface area contributed by atoms with E-state index >= 15 is 0 Å². The first-order valence-electron chi connectivity index (χ1n) is 4.78. The van der Waals surface area contributed by atoms with Gasteiger partial charge in [-0.15, -0.1) is 0 Å². The number of aromatic nitrogens is 3. The third-order valence-corrected chi connectivity index (χ3v) is 2.10. The molecule has 1 aromatic carbocycles. The number of H-pyrrole nitrogens is 1. The second-order valence-electron chi connectivity index (χ2n) is 3.93. The maximum atomic E-state index is 9.72. The van der Waals surface area contributed by atoms with Crippen LogP contribution in [-0.2, 0) is 5.60 Å². The van der Waals surface area contributed by atoms with Crippen LogP contribution in [0.3, 0.4) is 0 Å². The summed E-state index contributed by atoms with van der Waals surface area (Å²) in [5.74, 6) is 1.08. The van der Waals surface area contributed by atoms with E-state index in [1.807, 2.05) is 30.3 Å². The molecule has 1 aromatic heterocycles. The molecule has 0 radical (unpaired) electrons. The van der Waals surface area contributed by atoms with Crippen molar-refractivity contribution < 1.29 is 5.11 Å². The van der Waals surface area contributed by atoms with Crippen molar-refractivity contribution in [1.29, 1.82) is 0 Å². The quantitative estimate of drug-likeness (QED) is 0.780. The Labute approximate surface area is 88.0 Å². The molecule has 0 aliphatic rings. The first-order chi connectivity index (χ1) is 7.07. The van der Waals surface area contributed by atoms with Crippen molar-refractivity contribution >= 4 is 0 Å². The topological polar surface area (TPSA) is 61.8 Å². The molecule has 1 heterocycles. The fraction of sp³-hybridized carbons (Fsp3) is 0.273. The lowest BCUT2D eigenvalue weighted by molar-refractivity contribution is 0.0692. The van der Waals surface area contributed by atoms with Gasteiger partial charge in [-0.2, -0.15) is 5.10 Å². The second-order valence-corrected chi connectivity index (χ2v) is 3.93. The van der Waals surface area contributed by atoms with Gasteiger partial charge in [-0.05, 0) is 13.8 Å². The normalized spacial score (nSPS) is 11.7. The van der Waals surface area contributed by atoms with Crippen molar-refractivity contribution in [2.45, 2.75) is 19.4 Å². The van der Waals surface area contributed by atoms with Crippen LogP contribution in [0, 0.1) is 0 Å². The van der Waals surface area contributed by atoms with Gasteiger partial charge < -0.3 is 5.11 Å². The maximum Gasteiger partial charge on any atom is 0.181 e. The number of aliphatic hydroxyl groups is 1. The van der Waals surface area contributed by atoms with Gasteiger partial charge in [0.15, 0.2) is 11.6 Å². The van der Waals surface area contributed by atoms with Crippen LogP contribution in [0.5, 0.6) is 0 Å². The lowest BCUT2D eigenvalue weighted by Crippen LogP contribution is -2.17. The Morgan fingerprint density at radius 2 is 1.87 bits per heavy atom. The van der Waals surface area contributed by atoms with Gasteiger partial charge in [0.25, 0.3) is 0 Å². The first kappa shape index (κ1) is 9.86. The summed E-state index contributed by atoms with van der Waals surface area (Å²) in [5, 5.41) is 16.5. The first-order valence-corrected chi connectivity index (χ1v) is 4.78. The molecule has 0 unspecified atom stereocenters. The van der Waals surface area contributed by atoms with Gasteiger partial charge in [-0.25, -0.2) is 4.98 Å². The number of nitrogens with one attached hydrogen (secondary N) is 1. The molecule has 0 amide bonds. The zero-order valence-electron chi connectivity index (χ0n) is 8.73. The summed E-state index contributed by atoms with van der Waals surface area (Å²) in [6.45, 7) is 3.34. The molecule has 0 saturated carbocycles. The van der Waals surface area contributed by atoms with E-state index in [1.165, 1.54) is 0 Å². The van der Waals surface area contributed by atoms with E-state index < -0.39 is 5.60 Å². The minimum Gasteiger partial charge on any atom is -0.382 e. The lowest BCUT2D eigenvalue weighted by Gasteiger charge is -2.11. The van der Waals surface area contributed by atoms with E-state index in [-0.39, 0.29) is 0 Å². The average Bonchev–Trinajstić information content (AvgIpc) is 2.67. The zero-order chi connectivity index (χ0) is 10.9. The Hall–Kier alpha value is -1.68. The fourth-order valence-electron chi connectivity index (χ4n) is 1.25. The van der Waals surface area contributed by atoms with E-state index in [0.29, 0.717) is 11.6 Å². The molecule has 0 atom stereocenters. The Morgan fingerprint density at radius 3 is 2.40 bits per heavy atom. The molecule has 0 fully saturated rings. The highest BCUT2D eigenvalue weighted by Crippen LogP contribution is 2.19. The Morgan fingerprint density at radius 1 is 1.20 bits per heavy atom. The van der Waals surface area contributed by atoms with E-state index in [9.17, 15) is 5.11 Å². The van der Waals surface area contributed by atoms with Gasteiger partial charge in [0.05, 0.1) is 0 Å². The third-order valence-electron chi connectivity index (χ3n) is 2.10. The molecule has 0 aliphatic carbocycles. The SMILES string of the molecule is CC(C)(O)c1nc(-c2ccccc2)n[nH]1. The predicted octanol–water partition coefficient (Wildman–Crippen LogP) is 1.70. The molecular formula is C11H13N3O. The number of benzene rings is 1. The number of rotatable bonds is 2. The minimum absolute atomic E-state index is 0.473. The molecule has 0 spiro atoms. The van der Waals surface area contributed by atoms with Gasteiger partial charge in [-0.3, -0.25) is 5.10 Å². The van der Waals surface area contributed by atoms with Crippen LogP contribution in [0.4, 0.5) is 0 Å². The number of aromatic amines is 1. The Kier molecular flexibility index (Phi) is 2.28. The molecular weight excluding hydrogens is 190 g/mol. The smallest absolute Gasteiger partial charge is 0.181 e. The van der Waals surface area contributed by atoms with E-state index in [1.54, 1.807) is 13.8 Å². The van der Waals surface area contributed by atoms with Gasteiger partial charge in [-0.1, -0.05) is 30.3 Å². The lowest BCUT2D eigenvalue weighted by atomic mass is 10.1. The third kappa shape index (κ3) is 2.05. The van der Waals surface area contributed by atoms with Crippen molar-refractivity contribution in [3.63, 3.8) is 0 Å². The van der Waals surface area contributed by atoms with Gasteiger partial charge in [0, 0.05) is 5.56 Å². The monoisotopic (exact) mass is 203 g/mol. The van der Waals surface area contributed by atoms with Crippen LogP contribution >= 0.6 is 0 Å². The van der Waals surface area contributed by atoms with Crippen LogP contribution in [0.25, 0.3) is 11.4 Å². The van der Waals surface area contributed by atoms with Crippen LogP contribution in [0.15, 0.2) is 30.3 Å². The summed E-state index contributed by atoms with van der Waals surface area (Å²) >= 11 is 0. The van der Waals surface area contributed by atoms with Crippen molar-refractivity contribution in [2.75, 3.05) is 0 Å². The van der Waals surface area contributed by atoms with Crippen molar-refractivity contribution in [1.82, 2.24) is 15.2 Å². The van der Waals surface area contributed by atoms with Gasteiger partial charge in [0.2, 0.25) is 0 Å². The molecule has 4 nitrogen and oxygen atoms in total. The van der Waals surface area contributed by atoms with Crippen LogP contribution in [0.2, 0.25) is 0 Å². The summed E-state index contributed by atoms with van der Waals surface area (Å²) in [6.07, 6.45) is 0. The highest BCUT2D eigenvalue weighted by Gasteiger charge is 2.20. The van der Waals surface area contributed by atoms with E-state index in [4.69, 9.17) is 0 Å². The Balaban J connectivity index is 2.37. The van der Waals surface area contributed by atoms with E-state index in [0.717, 1.165) is 5.56 Å². The summed E-state index contributed by atoms with van der Waals surface area (Å²) < 4.78 is 0. The van der Waals surface area contributed by atoms with Crippen LogP contribution in [-0.4, -0.2) is 20.3 Å². The zero-order valence-corrected chi connectivity index (χ0v) is 8.73. The predicted molar refractivity (Wildman–Crippen MR) is 57.1 cm³/mol. The highest BCUT2D eigenvalue weighted by atomic mass is 16.3. The molecule has 0 saturated heterocycles. The number of nitrogens with zero attached hydrogens (tertiary/aromatic N) is 2. The van der Waals surface area contributed by atoms with Gasteiger partial charge >= 0.3 is 0 Å². The molecule has 4 heteroatoms. The molecule has 2 rings (SSSR count). The molecule has 78 valence electrons. The van der Waals surface area contributed by atoms with Crippen molar-refractivity contribution in [3.05, 3.63) is 36.2 Å². The van der Waals surface area contributed by atoms with Gasteiger partial charge in [0.1, 0.15) is 5.60 Å². The summed E-state index contributed by atoms with van der Waals surface area (Å²) in [6, 6.07) is 9.65. The Bertz CT molecular complexity index is 442.